The summed E-state index contributed by atoms with van der Waals surface area (Å²) in [5.41, 5.74) is 2.77. The number of hydrogen-bond acceptors (Lipinski definition) is 8. The van der Waals surface area contributed by atoms with E-state index < -0.39 is 27.6 Å². The molecule has 9 nitrogen and oxygen atoms in total. The highest BCUT2D eigenvalue weighted by Crippen LogP contribution is 2.40. The molecule has 0 fully saturated rings. The number of rotatable bonds is 8. The Morgan fingerprint density at radius 2 is 1.86 bits per heavy atom. The number of pyridine rings is 2. The van der Waals surface area contributed by atoms with Crippen molar-refractivity contribution in [3.05, 3.63) is 112 Å². The first kappa shape index (κ1) is 30.0. The van der Waals surface area contributed by atoms with Crippen molar-refractivity contribution in [3.8, 4) is 16.9 Å². The normalized spacial score (nSPS) is 13.1. The summed E-state index contributed by atoms with van der Waals surface area (Å²) in [6.07, 6.45) is 6.46. The lowest BCUT2D eigenvalue weighted by Gasteiger charge is -2.32. The lowest BCUT2D eigenvalue weighted by molar-refractivity contribution is 0.213. The first-order valence-corrected chi connectivity index (χ1v) is 15.8. The molecule has 222 valence electrons. The number of aliphatic hydroxyl groups excluding tert-OH is 1. The predicted molar refractivity (Wildman–Crippen MR) is 166 cm³/mol. The summed E-state index contributed by atoms with van der Waals surface area (Å²) in [6.45, 7) is 1.31. The first-order chi connectivity index (χ1) is 20.4. The molecule has 0 bridgehead atoms. The van der Waals surface area contributed by atoms with Crippen LogP contribution in [0.1, 0.15) is 22.5 Å². The van der Waals surface area contributed by atoms with E-state index in [0.29, 0.717) is 33.4 Å². The van der Waals surface area contributed by atoms with Crippen molar-refractivity contribution in [2.24, 2.45) is 11.4 Å². The molecule has 5 aromatic rings. The number of nitrogens with zero attached hydrogens (tertiary/aromatic N) is 5. The standard InChI is InChI=1S/C32H32FN5O4S/c1-20-14-23(18-38(2)30(20)40)22-10-11-26-24(16-22)29(36-31(35-26)37-43(4,5)41)32(19-39,28-8-6-7-13-34-28)17-21-9-12-27(42-3)25(33)15-21/h6-16,18,39H,17,19H2,1-5H3. The van der Waals surface area contributed by atoms with Crippen molar-refractivity contribution < 1.29 is 18.4 Å². The minimum Gasteiger partial charge on any atom is -0.494 e. The largest absolute Gasteiger partial charge is 0.494 e. The van der Waals surface area contributed by atoms with Gasteiger partial charge >= 0.3 is 0 Å². The fourth-order valence-electron chi connectivity index (χ4n) is 5.26. The molecule has 1 unspecified atom stereocenters. The molecule has 1 atom stereocenters. The van der Waals surface area contributed by atoms with E-state index in [1.165, 1.54) is 36.3 Å². The summed E-state index contributed by atoms with van der Waals surface area (Å²) >= 11 is 0. The van der Waals surface area contributed by atoms with Gasteiger partial charge in [0.2, 0.25) is 0 Å². The van der Waals surface area contributed by atoms with Gasteiger partial charge in [-0.05, 0) is 72.5 Å². The van der Waals surface area contributed by atoms with Gasteiger partial charge in [-0.3, -0.25) is 9.78 Å². The van der Waals surface area contributed by atoms with Crippen molar-refractivity contribution in [1.29, 1.82) is 0 Å². The third kappa shape index (κ3) is 6.04. The molecule has 3 heterocycles. The lowest BCUT2D eigenvalue weighted by Crippen LogP contribution is -2.37. The van der Waals surface area contributed by atoms with Gasteiger partial charge in [0.1, 0.15) is 0 Å². The van der Waals surface area contributed by atoms with E-state index in [1.807, 2.05) is 18.2 Å². The fourth-order valence-corrected chi connectivity index (χ4v) is 5.73. The molecule has 0 saturated carbocycles. The molecule has 0 saturated heterocycles. The van der Waals surface area contributed by atoms with Crippen LogP contribution in [0.25, 0.3) is 22.0 Å². The number of aryl methyl sites for hydroxylation is 2. The maximum Gasteiger partial charge on any atom is 0.258 e. The van der Waals surface area contributed by atoms with Crippen LogP contribution in [0, 0.1) is 12.7 Å². The average Bonchev–Trinajstić information content (AvgIpc) is 2.97. The van der Waals surface area contributed by atoms with Gasteiger partial charge in [0.05, 0.1) is 36.0 Å². The summed E-state index contributed by atoms with van der Waals surface area (Å²) < 4.78 is 38.5. The number of ether oxygens (including phenoxy) is 1. The number of methoxy groups -OCH3 is 1. The maximum absolute atomic E-state index is 14.9. The molecule has 0 amide bonds. The third-order valence-corrected chi connectivity index (χ3v) is 7.88. The Kier molecular flexibility index (Phi) is 8.13. The van der Waals surface area contributed by atoms with Gasteiger partial charge in [-0.1, -0.05) is 18.2 Å². The van der Waals surface area contributed by atoms with E-state index in [2.05, 4.69) is 14.3 Å². The smallest absolute Gasteiger partial charge is 0.258 e. The number of hydrogen-bond donors (Lipinski definition) is 1. The second-order valence-corrected chi connectivity index (χ2v) is 13.4. The summed E-state index contributed by atoms with van der Waals surface area (Å²) in [4.78, 5) is 26.4. The van der Waals surface area contributed by atoms with E-state index in [-0.39, 0.29) is 23.7 Å². The lowest BCUT2D eigenvalue weighted by atomic mass is 9.74. The Bertz CT molecular complexity index is 1990. The van der Waals surface area contributed by atoms with Gasteiger partial charge in [-0.25, -0.2) is 18.6 Å². The zero-order valence-electron chi connectivity index (χ0n) is 24.5. The van der Waals surface area contributed by atoms with Crippen LogP contribution in [0.3, 0.4) is 0 Å². The Morgan fingerprint density at radius 1 is 1.07 bits per heavy atom. The highest BCUT2D eigenvalue weighted by atomic mass is 32.2. The van der Waals surface area contributed by atoms with Crippen LogP contribution in [0.15, 0.2) is 82.2 Å². The molecule has 0 aliphatic carbocycles. The molecule has 3 aromatic heterocycles. The zero-order chi connectivity index (χ0) is 30.9. The Balaban J connectivity index is 1.85. The van der Waals surface area contributed by atoms with Crippen LogP contribution in [-0.2, 0) is 28.6 Å². The van der Waals surface area contributed by atoms with Crippen LogP contribution >= 0.6 is 0 Å². The van der Waals surface area contributed by atoms with Crippen LogP contribution in [-0.4, -0.2) is 55.1 Å². The summed E-state index contributed by atoms with van der Waals surface area (Å²) in [7, 11) is 0.449. The molecular formula is C32H32FN5O4S. The zero-order valence-corrected chi connectivity index (χ0v) is 25.4. The van der Waals surface area contributed by atoms with E-state index >= 15 is 0 Å². The van der Waals surface area contributed by atoms with Gasteiger partial charge in [0.15, 0.2) is 11.6 Å². The molecular weight excluding hydrogens is 569 g/mol. The number of aliphatic hydroxyl groups is 1. The summed E-state index contributed by atoms with van der Waals surface area (Å²) in [5.74, 6) is -0.444. The van der Waals surface area contributed by atoms with Gasteiger partial charge in [0, 0.05) is 52.6 Å². The van der Waals surface area contributed by atoms with Crippen molar-refractivity contribution in [2.75, 3.05) is 26.2 Å². The minimum absolute atomic E-state index is 0.00197. The van der Waals surface area contributed by atoms with E-state index in [1.54, 1.807) is 56.7 Å². The Hall–Kier alpha value is -4.48. The molecule has 0 aliphatic heterocycles. The van der Waals surface area contributed by atoms with Crippen LogP contribution in [0.2, 0.25) is 0 Å². The van der Waals surface area contributed by atoms with Crippen LogP contribution in [0.4, 0.5) is 10.3 Å². The molecule has 5 rings (SSSR count). The summed E-state index contributed by atoms with van der Waals surface area (Å²) in [6, 6.07) is 17.4. The van der Waals surface area contributed by atoms with Gasteiger partial charge in [-0.2, -0.15) is 4.36 Å². The summed E-state index contributed by atoms with van der Waals surface area (Å²) in [5, 5.41) is 11.8. The van der Waals surface area contributed by atoms with E-state index in [9.17, 15) is 18.5 Å². The highest BCUT2D eigenvalue weighted by Gasteiger charge is 2.39. The molecule has 43 heavy (non-hydrogen) atoms. The van der Waals surface area contributed by atoms with Crippen LogP contribution in [0.5, 0.6) is 5.75 Å². The van der Waals surface area contributed by atoms with Crippen molar-refractivity contribution in [3.63, 3.8) is 0 Å². The van der Waals surface area contributed by atoms with E-state index in [0.717, 1.165) is 11.1 Å². The maximum atomic E-state index is 14.9. The van der Waals surface area contributed by atoms with Gasteiger partial charge in [0.25, 0.3) is 11.5 Å². The van der Waals surface area contributed by atoms with Gasteiger partial charge < -0.3 is 14.4 Å². The number of halogens is 1. The van der Waals surface area contributed by atoms with Crippen molar-refractivity contribution >= 4 is 26.6 Å². The van der Waals surface area contributed by atoms with Gasteiger partial charge in [-0.15, -0.1) is 0 Å². The first-order valence-electron chi connectivity index (χ1n) is 13.5. The molecule has 1 N–H and O–H groups in total. The van der Waals surface area contributed by atoms with E-state index in [4.69, 9.17) is 9.72 Å². The van der Waals surface area contributed by atoms with Crippen molar-refractivity contribution in [2.45, 2.75) is 18.8 Å². The number of fused-ring (bicyclic) bond motifs is 1. The number of aromatic nitrogens is 4. The molecule has 0 radical (unpaired) electrons. The van der Waals surface area contributed by atoms with Crippen molar-refractivity contribution in [1.82, 2.24) is 19.5 Å². The highest BCUT2D eigenvalue weighted by molar-refractivity contribution is 7.92. The minimum atomic E-state index is -2.64. The SMILES string of the molecule is COc1ccc(CC(CO)(c2ccccn2)c2nc(N=S(C)(C)=O)nc3ccc(-c4cc(C)c(=O)n(C)c4)cc23)cc1F. The monoisotopic (exact) mass is 601 g/mol. The second kappa shape index (κ2) is 11.7. The second-order valence-electron chi connectivity index (χ2n) is 10.8. The average molecular weight is 602 g/mol. The predicted octanol–water partition coefficient (Wildman–Crippen LogP) is 4.73. The molecule has 0 aliphatic rings. The molecule has 11 heteroatoms. The molecule has 0 spiro atoms. The Labute approximate surface area is 249 Å². The van der Waals surface area contributed by atoms with Crippen LogP contribution < -0.4 is 10.3 Å². The molecule has 2 aromatic carbocycles. The number of benzene rings is 2. The fraction of sp³-hybridized carbons (Fsp3) is 0.250. The topological polar surface area (TPSA) is 120 Å². The third-order valence-electron chi connectivity index (χ3n) is 7.28. The quantitative estimate of drug-likeness (QED) is 0.273. The Morgan fingerprint density at radius 3 is 2.49 bits per heavy atom.